The summed E-state index contributed by atoms with van der Waals surface area (Å²) in [5.74, 6) is -0.843. The van der Waals surface area contributed by atoms with Gasteiger partial charge in [-0.25, -0.2) is 0 Å². The van der Waals surface area contributed by atoms with Gasteiger partial charge in [-0.3, -0.25) is 14.5 Å². The van der Waals surface area contributed by atoms with Gasteiger partial charge in [0.15, 0.2) is 0 Å². The molecule has 23 heavy (non-hydrogen) atoms. The SMILES string of the molecule is CCCc1ccc(C(=O)NC2CC(N(CC)CC(=O)O)C2)cc1. The largest absolute Gasteiger partial charge is 0.480 e. The number of carbonyl (C=O) groups is 2. The summed E-state index contributed by atoms with van der Waals surface area (Å²) in [5, 5.41) is 11.9. The number of likely N-dealkylation sites (N-methyl/N-ethyl adjacent to an activating group) is 1. The van der Waals surface area contributed by atoms with Gasteiger partial charge in [0.1, 0.15) is 0 Å². The summed E-state index contributed by atoms with van der Waals surface area (Å²) in [6, 6.07) is 8.17. The normalized spacial score (nSPS) is 20.1. The molecular formula is C18H26N2O3. The Labute approximate surface area is 137 Å². The summed E-state index contributed by atoms with van der Waals surface area (Å²) >= 11 is 0. The third-order valence-corrected chi connectivity index (χ3v) is 4.46. The number of nitrogens with zero attached hydrogens (tertiary/aromatic N) is 1. The maximum Gasteiger partial charge on any atom is 0.317 e. The van der Waals surface area contributed by atoms with Crippen molar-refractivity contribution < 1.29 is 14.7 Å². The fourth-order valence-electron chi connectivity index (χ4n) is 3.06. The minimum absolute atomic E-state index is 0.0437. The van der Waals surface area contributed by atoms with E-state index in [1.54, 1.807) is 0 Å². The van der Waals surface area contributed by atoms with Gasteiger partial charge in [-0.1, -0.05) is 32.4 Å². The van der Waals surface area contributed by atoms with Crippen LogP contribution in [-0.4, -0.2) is 47.1 Å². The van der Waals surface area contributed by atoms with E-state index >= 15 is 0 Å². The molecule has 0 bridgehead atoms. The smallest absolute Gasteiger partial charge is 0.317 e. The predicted molar refractivity (Wildman–Crippen MR) is 89.6 cm³/mol. The van der Waals surface area contributed by atoms with Crippen LogP contribution in [0.3, 0.4) is 0 Å². The van der Waals surface area contributed by atoms with E-state index in [1.165, 1.54) is 5.56 Å². The first kappa shape index (κ1) is 17.5. The van der Waals surface area contributed by atoms with Crippen LogP contribution in [0.25, 0.3) is 0 Å². The number of hydrogen-bond donors (Lipinski definition) is 2. The van der Waals surface area contributed by atoms with Crippen LogP contribution in [-0.2, 0) is 11.2 Å². The van der Waals surface area contributed by atoms with Crippen molar-refractivity contribution in [1.82, 2.24) is 10.2 Å². The molecule has 5 nitrogen and oxygen atoms in total. The van der Waals surface area contributed by atoms with Crippen LogP contribution in [0.1, 0.15) is 49.0 Å². The number of aliphatic carboxylic acids is 1. The molecule has 1 fully saturated rings. The first-order chi connectivity index (χ1) is 11.0. The summed E-state index contributed by atoms with van der Waals surface area (Å²) in [5.41, 5.74) is 1.94. The van der Waals surface area contributed by atoms with Gasteiger partial charge in [0.2, 0.25) is 0 Å². The van der Waals surface area contributed by atoms with Gasteiger partial charge in [0.05, 0.1) is 6.54 Å². The van der Waals surface area contributed by atoms with Gasteiger partial charge in [0, 0.05) is 17.6 Å². The standard InChI is InChI=1S/C18H26N2O3/c1-3-5-13-6-8-14(9-7-13)18(23)19-15-10-16(11-15)20(4-2)12-17(21)22/h6-9,15-16H,3-5,10-12H2,1-2H3,(H,19,23)(H,21,22). The molecule has 2 rings (SSSR count). The van der Waals surface area contributed by atoms with Crippen molar-refractivity contribution in [3.05, 3.63) is 35.4 Å². The second kappa shape index (κ2) is 8.11. The zero-order valence-electron chi connectivity index (χ0n) is 13.9. The minimum atomic E-state index is -0.800. The van der Waals surface area contributed by atoms with Gasteiger partial charge in [-0.2, -0.15) is 0 Å². The number of carboxylic acid groups (broad SMARTS) is 1. The van der Waals surface area contributed by atoms with E-state index < -0.39 is 5.97 Å². The monoisotopic (exact) mass is 318 g/mol. The molecule has 2 N–H and O–H groups in total. The minimum Gasteiger partial charge on any atom is -0.480 e. The first-order valence-corrected chi connectivity index (χ1v) is 8.39. The van der Waals surface area contributed by atoms with E-state index in [9.17, 15) is 9.59 Å². The molecule has 0 aliphatic heterocycles. The van der Waals surface area contributed by atoms with Crippen LogP contribution in [0.5, 0.6) is 0 Å². The highest BCUT2D eigenvalue weighted by Crippen LogP contribution is 2.25. The molecule has 0 radical (unpaired) electrons. The van der Waals surface area contributed by atoms with Crippen LogP contribution in [0.4, 0.5) is 0 Å². The molecule has 5 heteroatoms. The molecule has 0 aromatic heterocycles. The lowest BCUT2D eigenvalue weighted by atomic mass is 9.85. The van der Waals surface area contributed by atoms with E-state index in [2.05, 4.69) is 12.2 Å². The van der Waals surface area contributed by atoms with Crippen molar-refractivity contribution in [2.45, 2.75) is 51.6 Å². The highest BCUT2D eigenvalue weighted by atomic mass is 16.4. The molecule has 1 saturated carbocycles. The first-order valence-electron chi connectivity index (χ1n) is 8.39. The number of carboxylic acids is 1. The van der Waals surface area contributed by atoms with E-state index in [0.29, 0.717) is 5.56 Å². The zero-order chi connectivity index (χ0) is 16.8. The Morgan fingerprint density at radius 1 is 1.22 bits per heavy atom. The van der Waals surface area contributed by atoms with Gasteiger partial charge in [-0.05, 0) is 43.5 Å². The Kier molecular flexibility index (Phi) is 6.16. The summed E-state index contributed by atoms with van der Waals surface area (Å²) in [7, 11) is 0. The number of benzene rings is 1. The molecule has 0 unspecified atom stereocenters. The second-order valence-corrected chi connectivity index (χ2v) is 6.20. The summed E-state index contributed by atoms with van der Waals surface area (Å²) < 4.78 is 0. The van der Waals surface area contributed by atoms with Gasteiger partial charge < -0.3 is 10.4 Å². The van der Waals surface area contributed by atoms with Gasteiger partial charge in [-0.15, -0.1) is 0 Å². The van der Waals surface area contributed by atoms with Crippen LogP contribution in [0, 0.1) is 0 Å². The molecule has 1 amide bonds. The molecule has 0 spiro atoms. The average Bonchev–Trinajstić information content (AvgIpc) is 2.49. The van der Waals surface area contributed by atoms with Crippen molar-refractivity contribution in [2.75, 3.05) is 13.1 Å². The van der Waals surface area contributed by atoms with Crippen LogP contribution in [0.2, 0.25) is 0 Å². The van der Waals surface area contributed by atoms with Gasteiger partial charge in [0.25, 0.3) is 5.91 Å². The molecule has 1 aliphatic carbocycles. The Morgan fingerprint density at radius 2 is 1.87 bits per heavy atom. The summed E-state index contributed by atoms with van der Waals surface area (Å²) in [4.78, 5) is 25.0. The lowest BCUT2D eigenvalue weighted by Crippen LogP contribution is -2.54. The fourth-order valence-corrected chi connectivity index (χ4v) is 3.06. The molecule has 0 atom stereocenters. The van der Waals surface area contributed by atoms with Crippen molar-refractivity contribution >= 4 is 11.9 Å². The van der Waals surface area contributed by atoms with Crippen molar-refractivity contribution in [1.29, 1.82) is 0 Å². The highest BCUT2D eigenvalue weighted by molar-refractivity contribution is 5.94. The Hall–Kier alpha value is -1.88. The molecule has 0 heterocycles. The Balaban J connectivity index is 1.80. The van der Waals surface area contributed by atoms with E-state index in [4.69, 9.17) is 5.11 Å². The quantitative estimate of drug-likeness (QED) is 0.772. The zero-order valence-corrected chi connectivity index (χ0v) is 13.9. The third kappa shape index (κ3) is 4.79. The van der Waals surface area contributed by atoms with E-state index in [0.717, 1.165) is 32.2 Å². The van der Waals surface area contributed by atoms with Crippen LogP contribution >= 0.6 is 0 Å². The average molecular weight is 318 g/mol. The predicted octanol–water partition coefficient (Wildman–Crippen LogP) is 2.31. The van der Waals surface area contributed by atoms with Crippen LogP contribution in [0.15, 0.2) is 24.3 Å². The maximum absolute atomic E-state index is 12.2. The number of aryl methyl sites for hydroxylation is 1. The number of hydrogen-bond acceptors (Lipinski definition) is 3. The number of nitrogens with one attached hydrogen (secondary N) is 1. The maximum atomic E-state index is 12.2. The number of rotatable bonds is 8. The fraction of sp³-hybridized carbons (Fsp3) is 0.556. The number of carbonyl (C=O) groups excluding carboxylic acids is 1. The molecule has 0 saturated heterocycles. The molecule has 126 valence electrons. The van der Waals surface area contributed by atoms with Crippen molar-refractivity contribution in [3.8, 4) is 0 Å². The highest BCUT2D eigenvalue weighted by Gasteiger charge is 2.34. The summed E-state index contributed by atoms with van der Waals surface area (Å²) in [6.07, 6.45) is 3.77. The molecular weight excluding hydrogens is 292 g/mol. The van der Waals surface area contributed by atoms with E-state index in [-0.39, 0.29) is 24.5 Å². The topological polar surface area (TPSA) is 69.6 Å². The molecule has 1 aliphatic rings. The van der Waals surface area contributed by atoms with Crippen molar-refractivity contribution in [2.24, 2.45) is 0 Å². The second-order valence-electron chi connectivity index (χ2n) is 6.20. The lowest BCUT2D eigenvalue weighted by Gasteiger charge is -2.42. The third-order valence-electron chi connectivity index (χ3n) is 4.46. The summed E-state index contributed by atoms with van der Waals surface area (Å²) in [6.45, 7) is 4.89. The Bertz CT molecular complexity index is 536. The van der Waals surface area contributed by atoms with Crippen LogP contribution < -0.4 is 5.32 Å². The lowest BCUT2D eigenvalue weighted by molar-refractivity contribution is -0.139. The molecule has 1 aromatic rings. The van der Waals surface area contributed by atoms with Crippen molar-refractivity contribution in [3.63, 3.8) is 0 Å². The van der Waals surface area contributed by atoms with Gasteiger partial charge >= 0.3 is 5.97 Å². The number of amides is 1. The van der Waals surface area contributed by atoms with E-state index in [1.807, 2.05) is 36.1 Å². The molecule has 1 aromatic carbocycles. The Morgan fingerprint density at radius 3 is 2.39 bits per heavy atom.